The molecule has 90 valence electrons. The van der Waals surface area contributed by atoms with Crippen LogP contribution < -0.4 is 10.1 Å². The van der Waals surface area contributed by atoms with E-state index in [0.717, 1.165) is 17.7 Å². The van der Waals surface area contributed by atoms with E-state index in [1.165, 1.54) is 0 Å². The third kappa shape index (κ3) is 3.67. The number of hydrogen-bond acceptors (Lipinski definition) is 3. The van der Waals surface area contributed by atoms with Crippen molar-refractivity contribution in [3.63, 3.8) is 0 Å². The molecule has 0 aliphatic carbocycles. The summed E-state index contributed by atoms with van der Waals surface area (Å²) >= 11 is 5.92. The SMILES string of the molecule is CC[C@H](CO)NCc1cc(Cl)ccc1OC. The first-order valence-electron chi connectivity index (χ1n) is 5.38. The molecule has 16 heavy (non-hydrogen) atoms. The summed E-state index contributed by atoms with van der Waals surface area (Å²) in [5, 5.41) is 13.0. The van der Waals surface area contributed by atoms with Crippen molar-refractivity contribution in [3.05, 3.63) is 28.8 Å². The molecule has 0 saturated heterocycles. The highest BCUT2D eigenvalue weighted by atomic mass is 35.5. The van der Waals surface area contributed by atoms with E-state index in [2.05, 4.69) is 5.32 Å². The Kier molecular flexibility index (Phi) is 5.60. The van der Waals surface area contributed by atoms with E-state index in [0.29, 0.717) is 11.6 Å². The second kappa shape index (κ2) is 6.74. The van der Waals surface area contributed by atoms with Gasteiger partial charge in [0.2, 0.25) is 0 Å². The normalized spacial score (nSPS) is 12.5. The summed E-state index contributed by atoms with van der Waals surface area (Å²) in [6.45, 7) is 2.81. The molecular weight excluding hydrogens is 226 g/mol. The van der Waals surface area contributed by atoms with Gasteiger partial charge < -0.3 is 15.2 Å². The molecule has 1 rings (SSSR count). The minimum absolute atomic E-state index is 0.115. The lowest BCUT2D eigenvalue weighted by atomic mass is 10.1. The van der Waals surface area contributed by atoms with Crippen LogP contribution in [0.25, 0.3) is 0 Å². The van der Waals surface area contributed by atoms with E-state index in [9.17, 15) is 0 Å². The number of aliphatic hydroxyl groups is 1. The molecule has 0 radical (unpaired) electrons. The molecule has 0 heterocycles. The van der Waals surface area contributed by atoms with Gasteiger partial charge in [0.1, 0.15) is 5.75 Å². The summed E-state index contributed by atoms with van der Waals surface area (Å²) in [4.78, 5) is 0. The number of aliphatic hydroxyl groups excluding tert-OH is 1. The number of rotatable bonds is 6. The first kappa shape index (κ1) is 13.3. The number of halogens is 1. The molecule has 0 saturated carbocycles. The molecule has 0 amide bonds. The van der Waals surface area contributed by atoms with Crippen LogP contribution in [0.3, 0.4) is 0 Å². The molecule has 2 N–H and O–H groups in total. The maximum atomic E-state index is 9.07. The largest absolute Gasteiger partial charge is 0.496 e. The molecule has 0 fully saturated rings. The summed E-state index contributed by atoms with van der Waals surface area (Å²) in [6.07, 6.45) is 0.888. The monoisotopic (exact) mass is 243 g/mol. The second-order valence-corrected chi connectivity index (χ2v) is 4.06. The average molecular weight is 244 g/mol. The van der Waals surface area contributed by atoms with Gasteiger partial charge in [-0.05, 0) is 24.6 Å². The van der Waals surface area contributed by atoms with Crippen LogP contribution in [0.15, 0.2) is 18.2 Å². The van der Waals surface area contributed by atoms with Crippen LogP contribution in [0.2, 0.25) is 5.02 Å². The number of methoxy groups -OCH3 is 1. The van der Waals surface area contributed by atoms with E-state index in [4.69, 9.17) is 21.4 Å². The molecule has 1 atom stereocenters. The van der Waals surface area contributed by atoms with Gasteiger partial charge >= 0.3 is 0 Å². The van der Waals surface area contributed by atoms with Crippen LogP contribution in [0.1, 0.15) is 18.9 Å². The molecular formula is C12H18ClNO2. The highest BCUT2D eigenvalue weighted by Crippen LogP contribution is 2.22. The van der Waals surface area contributed by atoms with Crippen molar-refractivity contribution in [1.29, 1.82) is 0 Å². The highest BCUT2D eigenvalue weighted by molar-refractivity contribution is 6.30. The van der Waals surface area contributed by atoms with Crippen LogP contribution >= 0.6 is 11.6 Å². The lowest BCUT2D eigenvalue weighted by molar-refractivity contribution is 0.238. The maximum absolute atomic E-state index is 9.07. The fourth-order valence-corrected chi connectivity index (χ4v) is 1.67. The Bertz CT molecular complexity index is 327. The Morgan fingerprint density at radius 1 is 1.50 bits per heavy atom. The predicted molar refractivity (Wildman–Crippen MR) is 66.0 cm³/mol. The molecule has 1 aromatic carbocycles. The van der Waals surface area contributed by atoms with E-state index in [1.54, 1.807) is 13.2 Å². The molecule has 0 aromatic heterocycles. The minimum Gasteiger partial charge on any atom is -0.496 e. The van der Waals surface area contributed by atoms with Gasteiger partial charge in [0.15, 0.2) is 0 Å². The lowest BCUT2D eigenvalue weighted by Crippen LogP contribution is -2.31. The van der Waals surface area contributed by atoms with Gasteiger partial charge in [0.25, 0.3) is 0 Å². The van der Waals surface area contributed by atoms with Gasteiger partial charge in [-0.15, -0.1) is 0 Å². The van der Waals surface area contributed by atoms with E-state index < -0.39 is 0 Å². The molecule has 0 bridgehead atoms. The van der Waals surface area contributed by atoms with Crippen molar-refractivity contribution in [1.82, 2.24) is 5.32 Å². The van der Waals surface area contributed by atoms with E-state index in [-0.39, 0.29) is 12.6 Å². The van der Waals surface area contributed by atoms with E-state index >= 15 is 0 Å². The van der Waals surface area contributed by atoms with Crippen LogP contribution in [0, 0.1) is 0 Å². The molecule has 0 aliphatic rings. The van der Waals surface area contributed by atoms with Crippen molar-refractivity contribution in [3.8, 4) is 5.75 Å². The topological polar surface area (TPSA) is 41.5 Å². The second-order valence-electron chi connectivity index (χ2n) is 3.62. The fourth-order valence-electron chi connectivity index (χ4n) is 1.48. The van der Waals surface area contributed by atoms with E-state index in [1.807, 2.05) is 19.1 Å². The molecule has 0 unspecified atom stereocenters. The van der Waals surface area contributed by atoms with Gasteiger partial charge in [-0.2, -0.15) is 0 Å². The summed E-state index contributed by atoms with van der Waals surface area (Å²) in [7, 11) is 1.64. The van der Waals surface area contributed by atoms with Crippen molar-refractivity contribution in [2.75, 3.05) is 13.7 Å². The lowest BCUT2D eigenvalue weighted by Gasteiger charge is -2.15. The number of hydrogen-bond donors (Lipinski definition) is 2. The van der Waals surface area contributed by atoms with Gasteiger partial charge in [-0.25, -0.2) is 0 Å². The van der Waals surface area contributed by atoms with Crippen molar-refractivity contribution in [2.45, 2.75) is 25.9 Å². The quantitative estimate of drug-likeness (QED) is 0.805. The van der Waals surface area contributed by atoms with Gasteiger partial charge in [0.05, 0.1) is 13.7 Å². The average Bonchev–Trinajstić information content (AvgIpc) is 2.30. The number of ether oxygens (including phenoxy) is 1. The smallest absolute Gasteiger partial charge is 0.123 e. The first-order valence-corrected chi connectivity index (χ1v) is 5.75. The molecule has 4 heteroatoms. The summed E-state index contributed by atoms with van der Waals surface area (Å²) < 4.78 is 5.24. The third-order valence-electron chi connectivity index (χ3n) is 2.54. The van der Waals surface area contributed by atoms with Crippen molar-refractivity contribution < 1.29 is 9.84 Å². The third-order valence-corrected chi connectivity index (χ3v) is 2.77. The fraction of sp³-hybridized carbons (Fsp3) is 0.500. The van der Waals surface area contributed by atoms with Crippen LogP contribution in [-0.4, -0.2) is 24.9 Å². The van der Waals surface area contributed by atoms with Crippen molar-refractivity contribution in [2.24, 2.45) is 0 Å². The Hall–Kier alpha value is -0.770. The predicted octanol–water partition coefficient (Wildman–Crippen LogP) is 2.21. The summed E-state index contributed by atoms with van der Waals surface area (Å²) in [5.41, 5.74) is 1.00. The molecule has 3 nitrogen and oxygen atoms in total. The zero-order valence-corrected chi connectivity index (χ0v) is 10.4. The van der Waals surface area contributed by atoms with Gasteiger partial charge in [-0.1, -0.05) is 18.5 Å². The van der Waals surface area contributed by atoms with Crippen LogP contribution in [0.4, 0.5) is 0 Å². The Morgan fingerprint density at radius 3 is 2.81 bits per heavy atom. The molecule has 0 aliphatic heterocycles. The van der Waals surface area contributed by atoms with Crippen LogP contribution in [0.5, 0.6) is 5.75 Å². The standard InChI is InChI=1S/C12H18ClNO2/c1-3-11(8-15)14-7-9-6-10(13)4-5-12(9)16-2/h4-6,11,14-15H,3,7-8H2,1-2H3/t11-/m1/s1. The maximum Gasteiger partial charge on any atom is 0.123 e. The molecule has 0 spiro atoms. The zero-order chi connectivity index (χ0) is 12.0. The summed E-state index contributed by atoms with van der Waals surface area (Å²) in [6, 6.07) is 5.63. The Balaban J connectivity index is 2.68. The molecule has 1 aromatic rings. The Labute approximate surface area is 101 Å². The van der Waals surface area contributed by atoms with Crippen LogP contribution in [-0.2, 0) is 6.54 Å². The number of nitrogens with one attached hydrogen (secondary N) is 1. The van der Waals surface area contributed by atoms with Gasteiger partial charge in [0, 0.05) is 23.2 Å². The summed E-state index contributed by atoms with van der Waals surface area (Å²) in [5.74, 6) is 0.810. The number of benzene rings is 1. The zero-order valence-electron chi connectivity index (χ0n) is 9.66. The first-order chi connectivity index (χ1) is 7.71. The van der Waals surface area contributed by atoms with Gasteiger partial charge in [-0.3, -0.25) is 0 Å². The highest BCUT2D eigenvalue weighted by Gasteiger charge is 2.07. The minimum atomic E-state index is 0.115. The Morgan fingerprint density at radius 2 is 2.25 bits per heavy atom. The van der Waals surface area contributed by atoms with Crippen molar-refractivity contribution >= 4 is 11.6 Å².